The van der Waals surface area contributed by atoms with Crippen molar-refractivity contribution < 1.29 is 13.2 Å². The average molecular weight is 377 g/mol. The predicted octanol–water partition coefficient (Wildman–Crippen LogP) is 2.23. The molecule has 0 spiro atoms. The van der Waals surface area contributed by atoms with Crippen molar-refractivity contribution in [3.8, 4) is 0 Å². The molecule has 0 radical (unpaired) electrons. The Morgan fingerprint density at radius 2 is 1.80 bits per heavy atom. The molecule has 0 saturated carbocycles. The highest BCUT2D eigenvalue weighted by molar-refractivity contribution is 8.00. The van der Waals surface area contributed by atoms with Gasteiger partial charge in [-0.3, -0.25) is 4.79 Å². The number of amides is 1. The first-order valence-electron chi connectivity index (χ1n) is 8.05. The lowest BCUT2D eigenvalue weighted by Gasteiger charge is -2.07. The third kappa shape index (κ3) is 4.84. The van der Waals surface area contributed by atoms with E-state index in [-0.39, 0.29) is 10.8 Å². The predicted molar refractivity (Wildman–Crippen MR) is 98.9 cm³/mol. The van der Waals surface area contributed by atoms with Crippen molar-refractivity contribution >= 4 is 27.7 Å². The van der Waals surface area contributed by atoms with Crippen LogP contribution in [0.1, 0.15) is 23.1 Å². The largest absolute Gasteiger partial charge is 0.351 e. The molecule has 0 fully saturated rings. The first-order chi connectivity index (χ1) is 11.9. The molecule has 2 aromatic carbocycles. The Morgan fingerprint density at radius 3 is 2.52 bits per heavy atom. The SMILES string of the molecule is NS(=O)(=O)c1ccc(CNC(=O)CSc2ccc3c(c2)CCC3)cc1. The molecule has 1 amide bonds. The first-order valence-corrected chi connectivity index (χ1v) is 10.6. The highest BCUT2D eigenvalue weighted by Crippen LogP contribution is 2.27. The maximum Gasteiger partial charge on any atom is 0.238 e. The fraction of sp³-hybridized carbons (Fsp3) is 0.278. The standard InChI is InChI=1S/C18H20N2O3S2/c19-25(22,23)17-8-4-13(5-9-17)11-20-18(21)12-24-16-7-6-14-2-1-3-15(14)10-16/h4-10H,1-3,11-12H2,(H,20,21)(H2,19,22,23). The van der Waals surface area contributed by atoms with Gasteiger partial charge in [-0.1, -0.05) is 18.2 Å². The van der Waals surface area contributed by atoms with E-state index in [4.69, 9.17) is 5.14 Å². The summed E-state index contributed by atoms with van der Waals surface area (Å²) in [5.74, 6) is 0.301. The van der Waals surface area contributed by atoms with Crippen LogP contribution in [0.4, 0.5) is 0 Å². The van der Waals surface area contributed by atoms with Crippen LogP contribution in [-0.4, -0.2) is 20.1 Å². The molecule has 1 aliphatic rings. The number of hydrogen-bond acceptors (Lipinski definition) is 4. The Hall–Kier alpha value is -1.83. The molecule has 7 heteroatoms. The molecule has 0 atom stereocenters. The van der Waals surface area contributed by atoms with Crippen molar-refractivity contribution in [3.05, 3.63) is 59.2 Å². The molecular formula is C18H20N2O3S2. The van der Waals surface area contributed by atoms with Crippen LogP contribution in [0.5, 0.6) is 0 Å². The summed E-state index contributed by atoms with van der Waals surface area (Å²) in [5, 5.41) is 7.90. The summed E-state index contributed by atoms with van der Waals surface area (Å²) in [5.41, 5.74) is 3.65. The highest BCUT2D eigenvalue weighted by atomic mass is 32.2. The summed E-state index contributed by atoms with van der Waals surface area (Å²) in [6.07, 6.45) is 3.50. The topological polar surface area (TPSA) is 89.3 Å². The monoisotopic (exact) mass is 376 g/mol. The van der Waals surface area contributed by atoms with Crippen LogP contribution >= 0.6 is 11.8 Å². The first kappa shape index (κ1) is 18.0. The number of rotatable bonds is 6. The highest BCUT2D eigenvalue weighted by Gasteiger charge is 2.12. The zero-order valence-electron chi connectivity index (χ0n) is 13.7. The third-order valence-corrected chi connectivity index (χ3v) is 6.10. The van der Waals surface area contributed by atoms with Crippen LogP contribution in [0.2, 0.25) is 0 Å². The summed E-state index contributed by atoms with van der Waals surface area (Å²) >= 11 is 1.53. The minimum Gasteiger partial charge on any atom is -0.351 e. The van der Waals surface area contributed by atoms with Crippen LogP contribution in [-0.2, 0) is 34.2 Å². The van der Waals surface area contributed by atoms with Crippen molar-refractivity contribution in [1.29, 1.82) is 0 Å². The fourth-order valence-electron chi connectivity index (χ4n) is 2.84. The van der Waals surface area contributed by atoms with Gasteiger partial charge >= 0.3 is 0 Å². The van der Waals surface area contributed by atoms with Crippen molar-refractivity contribution in [2.45, 2.75) is 35.6 Å². The molecule has 3 rings (SSSR count). The molecule has 25 heavy (non-hydrogen) atoms. The van der Waals surface area contributed by atoms with E-state index < -0.39 is 10.0 Å². The number of benzene rings is 2. The molecule has 3 N–H and O–H groups in total. The van der Waals surface area contributed by atoms with Crippen LogP contribution in [0.3, 0.4) is 0 Å². The van der Waals surface area contributed by atoms with Crippen LogP contribution in [0.15, 0.2) is 52.3 Å². The van der Waals surface area contributed by atoms with E-state index >= 15 is 0 Å². The van der Waals surface area contributed by atoms with E-state index in [1.165, 1.54) is 41.4 Å². The molecule has 0 bridgehead atoms. The van der Waals surface area contributed by atoms with Crippen molar-refractivity contribution in [2.24, 2.45) is 5.14 Å². The van der Waals surface area contributed by atoms with Crippen LogP contribution in [0, 0.1) is 0 Å². The molecule has 0 saturated heterocycles. The van der Waals surface area contributed by atoms with Gasteiger partial charge in [-0.15, -0.1) is 11.8 Å². The number of primary sulfonamides is 1. The van der Waals surface area contributed by atoms with Gasteiger partial charge in [0.1, 0.15) is 0 Å². The van der Waals surface area contributed by atoms with Gasteiger partial charge in [0.25, 0.3) is 0 Å². The number of hydrogen-bond donors (Lipinski definition) is 2. The van der Waals surface area contributed by atoms with Gasteiger partial charge in [0.15, 0.2) is 0 Å². The Balaban J connectivity index is 1.48. The Labute approximate surface area is 152 Å². The number of thioether (sulfide) groups is 1. The molecular weight excluding hydrogens is 356 g/mol. The van der Waals surface area contributed by atoms with Gasteiger partial charge < -0.3 is 5.32 Å². The van der Waals surface area contributed by atoms with E-state index in [0.717, 1.165) is 23.3 Å². The van der Waals surface area contributed by atoms with Crippen molar-refractivity contribution in [1.82, 2.24) is 5.32 Å². The van der Waals surface area contributed by atoms with E-state index in [9.17, 15) is 13.2 Å². The molecule has 132 valence electrons. The zero-order chi connectivity index (χ0) is 17.9. The Kier molecular flexibility index (Phi) is 5.46. The Morgan fingerprint density at radius 1 is 1.08 bits per heavy atom. The van der Waals surface area contributed by atoms with Gasteiger partial charge in [-0.2, -0.15) is 0 Å². The summed E-state index contributed by atoms with van der Waals surface area (Å²) in [7, 11) is -3.69. The van der Waals surface area contributed by atoms with Gasteiger partial charge in [0.05, 0.1) is 10.6 Å². The van der Waals surface area contributed by atoms with Crippen LogP contribution < -0.4 is 10.5 Å². The van der Waals surface area contributed by atoms with Gasteiger partial charge in [-0.25, -0.2) is 13.6 Å². The lowest BCUT2D eigenvalue weighted by Crippen LogP contribution is -2.24. The third-order valence-electron chi connectivity index (χ3n) is 4.18. The lowest BCUT2D eigenvalue weighted by atomic mass is 10.1. The van der Waals surface area contributed by atoms with E-state index in [2.05, 4.69) is 23.5 Å². The van der Waals surface area contributed by atoms with E-state index in [1.807, 2.05) is 0 Å². The molecule has 1 aliphatic carbocycles. The number of carbonyl (C=O) groups is 1. The summed E-state index contributed by atoms with van der Waals surface area (Å²) < 4.78 is 22.4. The number of fused-ring (bicyclic) bond motifs is 1. The molecule has 2 aromatic rings. The van der Waals surface area contributed by atoms with Gasteiger partial charge in [-0.05, 0) is 60.2 Å². The fourth-order valence-corrected chi connectivity index (χ4v) is 4.14. The minimum absolute atomic E-state index is 0.0546. The number of carbonyl (C=O) groups excluding carboxylic acids is 1. The smallest absolute Gasteiger partial charge is 0.238 e. The molecule has 0 aliphatic heterocycles. The Bertz CT molecular complexity index is 878. The maximum absolute atomic E-state index is 12.0. The normalized spacial score (nSPS) is 13.5. The van der Waals surface area contributed by atoms with E-state index in [1.54, 1.807) is 12.1 Å². The number of sulfonamides is 1. The van der Waals surface area contributed by atoms with Gasteiger partial charge in [0, 0.05) is 11.4 Å². The number of aryl methyl sites for hydroxylation is 2. The molecule has 0 heterocycles. The molecule has 0 aromatic heterocycles. The number of nitrogens with two attached hydrogens (primary N) is 1. The van der Waals surface area contributed by atoms with Crippen LogP contribution in [0.25, 0.3) is 0 Å². The second-order valence-corrected chi connectivity index (χ2v) is 8.65. The average Bonchev–Trinajstić information content (AvgIpc) is 3.05. The zero-order valence-corrected chi connectivity index (χ0v) is 15.3. The summed E-state index contributed by atoms with van der Waals surface area (Å²) in [6.45, 7) is 0.356. The molecule has 0 unspecified atom stereocenters. The molecule has 5 nitrogen and oxygen atoms in total. The van der Waals surface area contributed by atoms with Crippen molar-refractivity contribution in [2.75, 3.05) is 5.75 Å². The van der Waals surface area contributed by atoms with Gasteiger partial charge in [0.2, 0.25) is 15.9 Å². The van der Waals surface area contributed by atoms with E-state index in [0.29, 0.717) is 12.3 Å². The quantitative estimate of drug-likeness (QED) is 0.757. The second-order valence-electron chi connectivity index (χ2n) is 6.04. The van der Waals surface area contributed by atoms with Crippen molar-refractivity contribution in [3.63, 3.8) is 0 Å². The summed E-state index contributed by atoms with van der Waals surface area (Å²) in [6, 6.07) is 12.6. The number of nitrogens with one attached hydrogen (secondary N) is 1. The second kappa shape index (κ2) is 7.59. The minimum atomic E-state index is -3.69. The maximum atomic E-state index is 12.0. The lowest BCUT2D eigenvalue weighted by molar-refractivity contribution is -0.118. The summed E-state index contributed by atoms with van der Waals surface area (Å²) in [4.78, 5) is 13.2.